The van der Waals surface area contributed by atoms with E-state index in [4.69, 9.17) is 0 Å². The van der Waals surface area contributed by atoms with Crippen LogP contribution in [0.5, 0.6) is 0 Å². The minimum atomic E-state index is 0. The van der Waals surface area contributed by atoms with Crippen LogP contribution in [-0.2, 0) is 26.2 Å². The van der Waals surface area contributed by atoms with Gasteiger partial charge >= 0.3 is 26.2 Å². The third-order valence-electron chi connectivity index (χ3n) is 3.70. The number of allylic oxidation sites excluding steroid dienone is 4. The van der Waals surface area contributed by atoms with Gasteiger partial charge in [0.2, 0.25) is 0 Å². The smallest absolute Gasteiger partial charge is 1.00 e. The number of rotatable bonds is 1. The number of anilines is 1. The first-order chi connectivity index (χ1) is 10.3. The molecular formula is C20H19Cl2NZr. The fourth-order valence-electron chi connectivity index (χ4n) is 2.69. The predicted octanol–water partition coefficient (Wildman–Crippen LogP) is -0.911. The SMILES string of the molecule is CN(C)c1cccc2c1[cH-]c1ccccc12.[C-]1=CC=CC1.[Cl-].[Cl-].[Zr+4]. The van der Waals surface area contributed by atoms with Crippen molar-refractivity contribution in [2.24, 2.45) is 0 Å². The molecule has 3 aromatic carbocycles. The molecule has 0 aliphatic heterocycles. The van der Waals surface area contributed by atoms with Crippen molar-refractivity contribution >= 4 is 27.2 Å². The van der Waals surface area contributed by atoms with Crippen molar-refractivity contribution in [2.75, 3.05) is 19.0 Å². The summed E-state index contributed by atoms with van der Waals surface area (Å²) in [6.45, 7) is 0. The molecule has 3 aromatic rings. The first-order valence-corrected chi connectivity index (χ1v) is 7.23. The fourth-order valence-corrected chi connectivity index (χ4v) is 2.69. The molecule has 0 amide bonds. The van der Waals surface area contributed by atoms with Crippen LogP contribution >= 0.6 is 0 Å². The van der Waals surface area contributed by atoms with E-state index in [-0.39, 0.29) is 51.0 Å². The Balaban J connectivity index is 0.000000578. The molecule has 4 heteroatoms. The van der Waals surface area contributed by atoms with Crippen LogP contribution in [-0.4, -0.2) is 14.1 Å². The van der Waals surface area contributed by atoms with Gasteiger partial charge in [-0.3, -0.25) is 6.08 Å². The molecule has 0 atom stereocenters. The summed E-state index contributed by atoms with van der Waals surface area (Å²) in [5.41, 5.74) is 1.29. The number of hydrogen-bond donors (Lipinski definition) is 0. The van der Waals surface area contributed by atoms with Crippen molar-refractivity contribution in [2.45, 2.75) is 6.42 Å². The third-order valence-corrected chi connectivity index (χ3v) is 3.70. The van der Waals surface area contributed by atoms with Crippen molar-refractivity contribution in [1.82, 2.24) is 0 Å². The van der Waals surface area contributed by atoms with Crippen molar-refractivity contribution in [3.8, 4) is 0 Å². The molecule has 0 saturated carbocycles. The molecule has 1 aliphatic carbocycles. The van der Waals surface area contributed by atoms with Crippen LogP contribution in [0.15, 0.2) is 66.8 Å². The molecule has 1 aliphatic rings. The Morgan fingerprint density at radius 3 is 2.25 bits per heavy atom. The van der Waals surface area contributed by atoms with E-state index in [1.807, 2.05) is 12.2 Å². The van der Waals surface area contributed by atoms with Gasteiger partial charge in [0, 0.05) is 0 Å². The molecule has 0 fully saturated rings. The zero-order valence-electron chi connectivity index (χ0n) is 13.8. The normalized spacial score (nSPS) is 11.1. The second kappa shape index (κ2) is 10.8. The standard InChI is InChI=1S/C15H14N.C5H5.2ClH.Zr/c1-16(2)15-9-5-8-13-12-7-4-3-6-11(12)10-14(13)15;1-2-4-5-3-1;;;/h3-10H,1-2H3;1-3H,4H2;2*1H;/q2*-1;;;+4/p-2. The molecule has 0 N–H and O–H groups in total. The van der Waals surface area contributed by atoms with Gasteiger partial charge in [-0.1, -0.05) is 36.4 Å². The Labute approximate surface area is 175 Å². The summed E-state index contributed by atoms with van der Waals surface area (Å²) < 4.78 is 0. The Morgan fingerprint density at radius 1 is 0.958 bits per heavy atom. The molecule has 24 heavy (non-hydrogen) atoms. The average Bonchev–Trinajstić information content (AvgIpc) is 3.17. The molecule has 0 unspecified atom stereocenters. The van der Waals surface area contributed by atoms with Gasteiger partial charge in [0.1, 0.15) is 0 Å². The maximum Gasteiger partial charge on any atom is 4.00 e. The summed E-state index contributed by atoms with van der Waals surface area (Å²) in [6.07, 6.45) is 10.0. The zero-order chi connectivity index (χ0) is 14.7. The molecule has 0 spiro atoms. The van der Waals surface area contributed by atoms with Crippen molar-refractivity contribution < 1.29 is 51.0 Å². The zero-order valence-corrected chi connectivity index (χ0v) is 17.7. The maximum atomic E-state index is 2.99. The predicted molar refractivity (Wildman–Crippen MR) is 92.9 cm³/mol. The molecule has 4 rings (SSSR count). The molecule has 1 nitrogen and oxygen atoms in total. The summed E-state index contributed by atoms with van der Waals surface area (Å²) in [5.74, 6) is 0. The van der Waals surface area contributed by atoms with E-state index in [1.165, 1.54) is 27.2 Å². The third kappa shape index (κ3) is 5.02. The Morgan fingerprint density at radius 2 is 1.67 bits per heavy atom. The quantitative estimate of drug-likeness (QED) is 0.448. The molecule has 0 radical (unpaired) electrons. The summed E-state index contributed by atoms with van der Waals surface area (Å²) in [7, 11) is 4.18. The van der Waals surface area contributed by atoms with Crippen LogP contribution in [0.25, 0.3) is 21.5 Å². The number of halogens is 2. The minimum absolute atomic E-state index is 0. The second-order valence-corrected chi connectivity index (χ2v) is 5.37. The number of nitrogens with zero attached hydrogens (tertiary/aromatic N) is 1. The summed E-state index contributed by atoms with van der Waals surface area (Å²) in [6, 6.07) is 17.3. The molecular weight excluding hydrogens is 416 g/mol. The summed E-state index contributed by atoms with van der Waals surface area (Å²) in [4.78, 5) is 2.17. The summed E-state index contributed by atoms with van der Waals surface area (Å²) >= 11 is 0. The van der Waals surface area contributed by atoms with E-state index in [9.17, 15) is 0 Å². The van der Waals surface area contributed by atoms with Crippen LogP contribution in [0.4, 0.5) is 5.69 Å². The Bertz CT molecular complexity index is 809. The topological polar surface area (TPSA) is 3.24 Å². The second-order valence-electron chi connectivity index (χ2n) is 5.37. The molecule has 0 saturated heterocycles. The van der Waals surface area contributed by atoms with Gasteiger partial charge in [-0.15, -0.1) is 40.1 Å². The van der Waals surface area contributed by atoms with Gasteiger partial charge in [0.15, 0.2) is 0 Å². The van der Waals surface area contributed by atoms with Crippen LogP contribution in [0.3, 0.4) is 0 Å². The summed E-state index contributed by atoms with van der Waals surface area (Å²) in [5, 5.41) is 5.36. The van der Waals surface area contributed by atoms with Gasteiger partial charge < -0.3 is 29.7 Å². The molecule has 122 valence electrons. The van der Waals surface area contributed by atoms with Gasteiger partial charge in [0.05, 0.1) is 0 Å². The Kier molecular flexibility index (Phi) is 10.4. The van der Waals surface area contributed by atoms with Crippen LogP contribution in [0, 0.1) is 6.08 Å². The van der Waals surface area contributed by atoms with Gasteiger partial charge in [-0.05, 0) is 19.8 Å². The molecule has 0 bridgehead atoms. The van der Waals surface area contributed by atoms with E-state index < -0.39 is 0 Å². The first-order valence-electron chi connectivity index (χ1n) is 7.23. The van der Waals surface area contributed by atoms with Gasteiger partial charge in [-0.2, -0.15) is 6.08 Å². The number of benzene rings is 2. The van der Waals surface area contributed by atoms with Crippen molar-refractivity contribution in [3.63, 3.8) is 0 Å². The first kappa shape index (κ1) is 23.1. The Hall–Kier alpha value is -0.947. The average molecular weight is 436 g/mol. The van der Waals surface area contributed by atoms with Crippen LogP contribution in [0.1, 0.15) is 6.42 Å². The van der Waals surface area contributed by atoms with E-state index in [0.29, 0.717) is 0 Å². The molecule has 0 aromatic heterocycles. The fraction of sp³-hybridized carbons (Fsp3) is 0.150. The largest absolute Gasteiger partial charge is 4.00 e. The van der Waals surface area contributed by atoms with E-state index >= 15 is 0 Å². The maximum absolute atomic E-state index is 2.99. The van der Waals surface area contributed by atoms with E-state index in [2.05, 4.69) is 79.7 Å². The van der Waals surface area contributed by atoms with Crippen LogP contribution < -0.4 is 29.7 Å². The van der Waals surface area contributed by atoms with E-state index in [0.717, 1.165) is 6.42 Å². The minimum Gasteiger partial charge on any atom is -1.00 e. The van der Waals surface area contributed by atoms with E-state index in [1.54, 1.807) is 0 Å². The number of hydrogen-bond acceptors (Lipinski definition) is 1. The monoisotopic (exact) mass is 433 g/mol. The van der Waals surface area contributed by atoms with Crippen molar-refractivity contribution in [1.29, 1.82) is 0 Å². The van der Waals surface area contributed by atoms with Crippen molar-refractivity contribution in [3.05, 3.63) is 72.8 Å². The van der Waals surface area contributed by atoms with Gasteiger partial charge in [0.25, 0.3) is 0 Å². The van der Waals surface area contributed by atoms with Gasteiger partial charge in [-0.25, -0.2) is 12.2 Å². The molecule has 0 heterocycles. The number of fused-ring (bicyclic) bond motifs is 3. The van der Waals surface area contributed by atoms with Crippen LogP contribution in [0.2, 0.25) is 0 Å².